The standard InChI is InChI=1S/C25H20FN3O4/c1-15-11-16(2)13-20(12-15)27-23-22(18-5-9-21(10-6-18)29(32)33)24(30)28(25(23)31)14-17-3-7-19(26)8-4-17/h3-13,27H,14H2,1-2H3. The minimum Gasteiger partial charge on any atom is -0.350 e. The molecule has 33 heavy (non-hydrogen) atoms. The molecule has 0 fully saturated rings. The number of amides is 2. The second-order valence-electron chi connectivity index (χ2n) is 7.88. The molecule has 0 radical (unpaired) electrons. The second kappa shape index (κ2) is 8.66. The quantitative estimate of drug-likeness (QED) is 0.336. The van der Waals surface area contributed by atoms with E-state index in [2.05, 4.69) is 5.32 Å². The van der Waals surface area contributed by atoms with Crippen LogP contribution in [0.5, 0.6) is 0 Å². The fourth-order valence-electron chi connectivity index (χ4n) is 3.82. The molecule has 166 valence electrons. The van der Waals surface area contributed by atoms with Gasteiger partial charge in [-0.3, -0.25) is 24.6 Å². The molecule has 1 N–H and O–H groups in total. The molecule has 0 spiro atoms. The van der Waals surface area contributed by atoms with Crippen LogP contribution in [0.4, 0.5) is 15.8 Å². The number of nitrogens with zero attached hydrogens (tertiary/aromatic N) is 2. The summed E-state index contributed by atoms with van der Waals surface area (Å²) in [6.45, 7) is 3.81. The SMILES string of the molecule is Cc1cc(C)cc(NC2=C(c3ccc([N+](=O)[O-])cc3)C(=O)N(Cc3ccc(F)cc3)C2=O)c1. The molecule has 3 aromatic carbocycles. The van der Waals surface area contributed by atoms with Gasteiger partial charge in [0, 0.05) is 17.8 Å². The zero-order valence-electron chi connectivity index (χ0n) is 18.0. The van der Waals surface area contributed by atoms with Crippen molar-refractivity contribution >= 4 is 28.8 Å². The van der Waals surface area contributed by atoms with Gasteiger partial charge in [0.25, 0.3) is 17.5 Å². The Kier molecular flexibility index (Phi) is 5.74. The summed E-state index contributed by atoms with van der Waals surface area (Å²) in [6.07, 6.45) is 0. The first kappa shape index (κ1) is 21.9. The molecule has 0 aromatic heterocycles. The van der Waals surface area contributed by atoms with Gasteiger partial charge in [0.1, 0.15) is 11.5 Å². The van der Waals surface area contributed by atoms with Gasteiger partial charge < -0.3 is 5.32 Å². The van der Waals surface area contributed by atoms with Crippen LogP contribution in [0.2, 0.25) is 0 Å². The number of non-ortho nitro benzene ring substituents is 1. The number of nitrogens with one attached hydrogen (secondary N) is 1. The molecule has 0 atom stereocenters. The number of nitro groups is 1. The highest BCUT2D eigenvalue weighted by molar-refractivity contribution is 6.36. The highest BCUT2D eigenvalue weighted by Crippen LogP contribution is 2.32. The summed E-state index contributed by atoms with van der Waals surface area (Å²) in [7, 11) is 0. The zero-order chi connectivity index (χ0) is 23.7. The van der Waals surface area contributed by atoms with Crippen molar-refractivity contribution in [3.63, 3.8) is 0 Å². The first-order valence-corrected chi connectivity index (χ1v) is 10.2. The van der Waals surface area contributed by atoms with E-state index in [0.717, 1.165) is 16.0 Å². The van der Waals surface area contributed by atoms with Crippen molar-refractivity contribution in [3.05, 3.63) is 111 Å². The fourth-order valence-corrected chi connectivity index (χ4v) is 3.82. The zero-order valence-corrected chi connectivity index (χ0v) is 18.0. The molecule has 4 rings (SSSR count). The Morgan fingerprint density at radius 1 is 0.909 bits per heavy atom. The van der Waals surface area contributed by atoms with Crippen LogP contribution in [0.3, 0.4) is 0 Å². The summed E-state index contributed by atoms with van der Waals surface area (Å²) in [6, 6.07) is 16.7. The van der Waals surface area contributed by atoms with Crippen molar-refractivity contribution in [1.82, 2.24) is 4.90 Å². The summed E-state index contributed by atoms with van der Waals surface area (Å²) in [5.41, 5.74) is 3.66. The van der Waals surface area contributed by atoms with Crippen molar-refractivity contribution in [1.29, 1.82) is 0 Å². The molecule has 1 aliphatic rings. The van der Waals surface area contributed by atoms with Gasteiger partial charge in [0.15, 0.2) is 0 Å². The van der Waals surface area contributed by atoms with Gasteiger partial charge in [-0.05, 0) is 72.5 Å². The first-order chi connectivity index (χ1) is 15.7. The third-order valence-electron chi connectivity index (χ3n) is 5.28. The van der Waals surface area contributed by atoms with Gasteiger partial charge in [-0.1, -0.05) is 18.2 Å². The molecule has 1 heterocycles. The summed E-state index contributed by atoms with van der Waals surface area (Å²) in [4.78, 5) is 38.2. The number of rotatable bonds is 6. The van der Waals surface area contributed by atoms with Crippen LogP contribution in [-0.2, 0) is 16.1 Å². The number of carbonyl (C=O) groups excluding carboxylic acids is 2. The number of nitro benzene ring substituents is 1. The van der Waals surface area contributed by atoms with Crippen LogP contribution in [0.25, 0.3) is 5.57 Å². The van der Waals surface area contributed by atoms with E-state index in [0.29, 0.717) is 16.8 Å². The lowest BCUT2D eigenvalue weighted by Crippen LogP contribution is -2.32. The van der Waals surface area contributed by atoms with Crippen LogP contribution in [0.15, 0.2) is 72.4 Å². The Morgan fingerprint density at radius 2 is 1.52 bits per heavy atom. The Hall–Kier alpha value is -4.33. The van der Waals surface area contributed by atoms with Crippen molar-refractivity contribution in [2.75, 3.05) is 5.32 Å². The molecule has 0 bridgehead atoms. The van der Waals surface area contributed by atoms with Crippen molar-refractivity contribution in [3.8, 4) is 0 Å². The van der Waals surface area contributed by atoms with Crippen LogP contribution < -0.4 is 5.32 Å². The lowest BCUT2D eigenvalue weighted by Gasteiger charge is -2.15. The predicted octanol–water partition coefficient (Wildman–Crippen LogP) is 4.74. The normalized spacial score (nSPS) is 13.6. The van der Waals surface area contributed by atoms with E-state index in [9.17, 15) is 24.1 Å². The third kappa shape index (κ3) is 4.50. The van der Waals surface area contributed by atoms with Gasteiger partial charge in [-0.2, -0.15) is 0 Å². The molecule has 0 unspecified atom stereocenters. The van der Waals surface area contributed by atoms with Gasteiger partial charge in [-0.25, -0.2) is 4.39 Å². The number of hydrogen-bond acceptors (Lipinski definition) is 5. The molecule has 7 nitrogen and oxygen atoms in total. The lowest BCUT2D eigenvalue weighted by atomic mass is 10.0. The monoisotopic (exact) mass is 445 g/mol. The number of hydrogen-bond donors (Lipinski definition) is 1. The van der Waals surface area contributed by atoms with Gasteiger partial charge >= 0.3 is 0 Å². The van der Waals surface area contributed by atoms with Crippen LogP contribution in [0.1, 0.15) is 22.3 Å². The Morgan fingerprint density at radius 3 is 2.09 bits per heavy atom. The van der Waals surface area contributed by atoms with Gasteiger partial charge in [0.2, 0.25) is 0 Å². The third-order valence-corrected chi connectivity index (χ3v) is 5.28. The molecule has 8 heteroatoms. The molecular formula is C25H20FN3O4. The molecule has 0 saturated carbocycles. The van der Waals surface area contributed by atoms with E-state index in [4.69, 9.17) is 0 Å². The minimum absolute atomic E-state index is 0.0353. The average molecular weight is 445 g/mol. The van der Waals surface area contributed by atoms with Crippen LogP contribution in [-0.4, -0.2) is 21.6 Å². The Bertz CT molecular complexity index is 1280. The second-order valence-corrected chi connectivity index (χ2v) is 7.88. The number of halogens is 1. The lowest BCUT2D eigenvalue weighted by molar-refractivity contribution is -0.384. The smallest absolute Gasteiger partial charge is 0.278 e. The van der Waals surface area contributed by atoms with E-state index in [1.807, 2.05) is 32.0 Å². The van der Waals surface area contributed by atoms with Crippen molar-refractivity contribution in [2.24, 2.45) is 0 Å². The summed E-state index contributed by atoms with van der Waals surface area (Å²) in [5.74, 6) is -1.48. The number of anilines is 1. The maximum atomic E-state index is 13.3. The highest BCUT2D eigenvalue weighted by Gasteiger charge is 2.39. The van der Waals surface area contributed by atoms with E-state index in [1.165, 1.54) is 48.5 Å². The molecular weight excluding hydrogens is 425 g/mol. The summed E-state index contributed by atoms with van der Waals surface area (Å²) in [5, 5.41) is 14.1. The van der Waals surface area contributed by atoms with Crippen molar-refractivity contribution in [2.45, 2.75) is 20.4 Å². The highest BCUT2D eigenvalue weighted by atomic mass is 19.1. The molecule has 3 aromatic rings. The topological polar surface area (TPSA) is 92.6 Å². The maximum Gasteiger partial charge on any atom is 0.278 e. The molecule has 1 aliphatic heterocycles. The molecule has 0 saturated heterocycles. The molecule has 2 amide bonds. The van der Waals surface area contributed by atoms with Gasteiger partial charge in [-0.15, -0.1) is 0 Å². The largest absolute Gasteiger partial charge is 0.350 e. The summed E-state index contributed by atoms with van der Waals surface area (Å²) >= 11 is 0. The molecule has 0 aliphatic carbocycles. The number of imide groups is 1. The number of carbonyl (C=O) groups is 2. The predicted molar refractivity (Wildman–Crippen MR) is 122 cm³/mol. The van der Waals surface area contributed by atoms with Gasteiger partial charge in [0.05, 0.1) is 17.0 Å². The maximum absolute atomic E-state index is 13.3. The Labute approximate surface area is 189 Å². The number of benzene rings is 3. The fraction of sp³-hybridized carbons (Fsp3) is 0.120. The van der Waals surface area contributed by atoms with E-state index in [1.54, 1.807) is 0 Å². The Balaban J connectivity index is 1.76. The van der Waals surface area contributed by atoms with E-state index in [-0.39, 0.29) is 23.5 Å². The van der Waals surface area contributed by atoms with E-state index < -0.39 is 22.6 Å². The summed E-state index contributed by atoms with van der Waals surface area (Å²) < 4.78 is 13.3. The van der Waals surface area contributed by atoms with E-state index >= 15 is 0 Å². The first-order valence-electron chi connectivity index (χ1n) is 10.2. The number of aryl methyl sites for hydroxylation is 2. The average Bonchev–Trinajstić information content (AvgIpc) is 2.99. The van der Waals surface area contributed by atoms with Crippen molar-refractivity contribution < 1.29 is 18.9 Å². The van der Waals surface area contributed by atoms with Crippen LogP contribution >= 0.6 is 0 Å². The minimum atomic E-state index is -0.537. The van der Waals surface area contributed by atoms with Crippen LogP contribution in [0, 0.1) is 29.8 Å².